The van der Waals surface area contributed by atoms with Crippen LogP contribution in [-0.4, -0.2) is 34.2 Å². The first-order chi connectivity index (χ1) is 15.8. The fourth-order valence-corrected chi connectivity index (χ4v) is 4.27. The van der Waals surface area contributed by atoms with Crippen molar-refractivity contribution in [2.24, 2.45) is 0 Å². The molecule has 33 heavy (non-hydrogen) atoms. The Bertz CT molecular complexity index is 1150. The van der Waals surface area contributed by atoms with E-state index in [1.54, 1.807) is 37.4 Å². The zero-order chi connectivity index (χ0) is 23.7. The van der Waals surface area contributed by atoms with Crippen molar-refractivity contribution in [2.75, 3.05) is 29.5 Å². The fraction of sp³-hybridized carbons (Fsp3) is 0.240. The van der Waals surface area contributed by atoms with Gasteiger partial charge in [-0.25, -0.2) is 8.42 Å². The number of rotatable bonds is 11. The van der Waals surface area contributed by atoms with Crippen LogP contribution in [0.2, 0.25) is 0 Å². The molecule has 1 amide bonds. The number of hydrogen-bond donors (Lipinski definition) is 1. The molecule has 0 atom stereocenters. The van der Waals surface area contributed by atoms with Gasteiger partial charge in [0.25, 0.3) is 0 Å². The van der Waals surface area contributed by atoms with Crippen molar-refractivity contribution < 1.29 is 22.7 Å². The Morgan fingerprint density at radius 2 is 1.64 bits per heavy atom. The van der Waals surface area contributed by atoms with Crippen molar-refractivity contribution in [2.45, 2.75) is 19.4 Å². The van der Waals surface area contributed by atoms with Crippen LogP contribution in [0, 0.1) is 0 Å². The standard InChI is InChI=1S/C25H28N2O5S/c1-31-19-20-8-6-9-21(18-20)26-25(28)12-7-17-27(33(2,29)30)22-13-15-24(16-14-22)32-23-10-4-3-5-11-23/h3-6,8-11,13-16,18H,7,12,17,19H2,1-2H3,(H,26,28). The van der Waals surface area contributed by atoms with Crippen LogP contribution >= 0.6 is 0 Å². The van der Waals surface area contributed by atoms with Crippen molar-refractivity contribution in [1.82, 2.24) is 0 Å². The molecule has 3 aromatic rings. The number of ether oxygens (including phenoxy) is 2. The summed E-state index contributed by atoms with van der Waals surface area (Å²) in [7, 11) is -1.90. The number of methoxy groups -OCH3 is 1. The van der Waals surface area contributed by atoms with E-state index in [2.05, 4.69) is 5.32 Å². The second-order valence-electron chi connectivity index (χ2n) is 7.53. The molecule has 174 valence electrons. The molecule has 8 heteroatoms. The average molecular weight is 469 g/mol. The van der Waals surface area contributed by atoms with Crippen LogP contribution in [0.4, 0.5) is 11.4 Å². The molecule has 0 aliphatic heterocycles. The minimum atomic E-state index is -3.51. The molecule has 0 aromatic heterocycles. The number of nitrogens with zero attached hydrogens (tertiary/aromatic N) is 1. The number of sulfonamides is 1. The number of anilines is 2. The smallest absolute Gasteiger partial charge is 0.232 e. The van der Waals surface area contributed by atoms with E-state index < -0.39 is 10.0 Å². The Balaban J connectivity index is 1.57. The van der Waals surface area contributed by atoms with E-state index in [4.69, 9.17) is 9.47 Å². The number of benzene rings is 3. The molecule has 0 spiro atoms. The van der Waals surface area contributed by atoms with Crippen molar-refractivity contribution in [1.29, 1.82) is 0 Å². The number of para-hydroxylation sites is 1. The quantitative estimate of drug-likeness (QED) is 0.437. The Hall–Kier alpha value is -3.36. The Kier molecular flexibility index (Phi) is 8.46. The van der Waals surface area contributed by atoms with Crippen LogP contribution in [0.5, 0.6) is 11.5 Å². The summed E-state index contributed by atoms with van der Waals surface area (Å²) in [6, 6.07) is 23.6. The van der Waals surface area contributed by atoms with E-state index in [0.29, 0.717) is 35.9 Å². The van der Waals surface area contributed by atoms with Crippen LogP contribution in [0.15, 0.2) is 78.9 Å². The van der Waals surface area contributed by atoms with Crippen LogP contribution in [-0.2, 0) is 26.2 Å². The van der Waals surface area contributed by atoms with E-state index >= 15 is 0 Å². The molecule has 0 heterocycles. The van der Waals surface area contributed by atoms with E-state index in [9.17, 15) is 13.2 Å². The third kappa shape index (κ3) is 7.62. The molecular formula is C25H28N2O5S. The lowest BCUT2D eigenvalue weighted by Crippen LogP contribution is -2.31. The second kappa shape index (κ2) is 11.5. The van der Waals surface area contributed by atoms with Crippen LogP contribution in [0.25, 0.3) is 0 Å². The highest BCUT2D eigenvalue weighted by molar-refractivity contribution is 7.92. The van der Waals surface area contributed by atoms with Gasteiger partial charge in [-0.2, -0.15) is 0 Å². The molecule has 0 fully saturated rings. The van der Waals surface area contributed by atoms with Crippen LogP contribution < -0.4 is 14.4 Å². The summed E-state index contributed by atoms with van der Waals surface area (Å²) in [4.78, 5) is 12.3. The van der Waals surface area contributed by atoms with E-state index in [-0.39, 0.29) is 18.9 Å². The first-order valence-electron chi connectivity index (χ1n) is 10.5. The minimum absolute atomic E-state index is 0.176. The van der Waals surface area contributed by atoms with Gasteiger partial charge >= 0.3 is 0 Å². The molecule has 0 bridgehead atoms. The maximum Gasteiger partial charge on any atom is 0.232 e. The highest BCUT2D eigenvalue weighted by atomic mass is 32.2. The topological polar surface area (TPSA) is 84.9 Å². The lowest BCUT2D eigenvalue weighted by molar-refractivity contribution is -0.116. The van der Waals surface area contributed by atoms with Gasteiger partial charge in [-0.05, 0) is 60.5 Å². The summed E-state index contributed by atoms with van der Waals surface area (Å²) in [5.74, 6) is 1.13. The Morgan fingerprint density at radius 3 is 2.30 bits per heavy atom. The van der Waals surface area contributed by atoms with Crippen molar-refractivity contribution in [3.8, 4) is 11.5 Å². The second-order valence-corrected chi connectivity index (χ2v) is 9.44. The molecular weight excluding hydrogens is 440 g/mol. The van der Waals surface area contributed by atoms with Crippen molar-refractivity contribution >= 4 is 27.3 Å². The number of carbonyl (C=O) groups excluding carboxylic acids is 1. The summed E-state index contributed by atoms with van der Waals surface area (Å²) in [6.45, 7) is 0.650. The molecule has 7 nitrogen and oxygen atoms in total. The number of carbonyl (C=O) groups is 1. The van der Waals surface area contributed by atoms with E-state index in [0.717, 1.165) is 11.8 Å². The molecule has 0 radical (unpaired) electrons. The van der Waals surface area contributed by atoms with Gasteiger partial charge in [0.2, 0.25) is 15.9 Å². The highest BCUT2D eigenvalue weighted by Crippen LogP contribution is 2.26. The maximum atomic E-state index is 12.4. The van der Waals surface area contributed by atoms with Gasteiger partial charge in [0.1, 0.15) is 11.5 Å². The number of nitrogens with one attached hydrogen (secondary N) is 1. The number of hydrogen-bond acceptors (Lipinski definition) is 5. The predicted octanol–water partition coefficient (Wildman–Crippen LogP) is 4.81. The molecule has 3 rings (SSSR count). The van der Waals surface area contributed by atoms with Gasteiger partial charge in [0.15, 0.2) is 0 Å². The molecule has 0 saturated carbocycles. The predicted molar refractivity (Wildman–Crippen MR) is 130 cm³/mol. The molecule has 3 aromatic carbocycles. The average Bonchev–Trinajstić information content (AvgIpc) is 2.78. The van der Waals surface area contributed by atoms with E-state index in [1.807, 2.05) is 48.5 Å². The third-order valence-electron chi connectivity index (χ3n) is 4.79. The Labute approximate surface area is 195 Å². The first kappa shape index (κ1) is 24.3. The zero-order valence-corrected chi connectivity index (χ0v) is 19.5. The molecule has 0 aliphatic rings. The molecule has 0 aliphatic carbocycles. The summed E-state index contributed by atoms with van der Waals surface area (Å²) in [5.41, 5.74) is 2.16. The largest absolute Gasteiger partial charge is 0.457 e. The van der Waals surface area contributed by atoms with Gasteiger partial charge in [-0.15, -0.1) is 0 Å². The summed E-state index contributed by atoms with van der Waals surface area (Å²) in [5, 5.41) is 2.84. The van der Waals surface area contributed by atoms with E-state index in [1.165, 1.54) is 4.31 Å². The zero-order valence-electron chi connectivity index (χ0n) is 18.7. The van der Waals surface area contributed by atoms with Gasteiger partial charge in [0, 0.05) is 25.8 Å². The van der Waals surface area contributed by atoms with Gasteiger partial charge in [-0.3, -0.25) is 9.10 Å². The SMILES string of the molecule is COCc1cccc(NC(=O)CCCN(c2ccc(Oc3ccccc3)cc2)S(C)(=O)=O)c1. The highest BCUT2D eigenvalue weighted by Gasteiger charge is 2.18. The summed E-state index contributed by atoms with van der Waals surface area (Å²) in [6.07, 6.45) is 1.72. The maximum absolute atomic E-state index is 12.4. The first-order valence-corrected chi connectivity index (χ1v) is 12.4. The summed E-state index contributed by atoms with van der Waals surface area (Å²) < 4.78 is 36.9. The minimum Gasteiger partial charge on any atom is -0.457 e. The third-order valence-corrected chi connectivity index (χ3v) is 5.98. The lowest BCUT2D eigenvalue weighted by Gasteiger charge is -2.22. The van der Waals surface area contributed by atoms with Gasteiger partial charge in [0.05, 0.1) is 18.6 Å². The lowest BCUT2D eigenvalue weighted by atomic mass is 10.2. The normalized spacial score (nSPS) is 11.1. The van der Waals surface area contributed by atoms with Crippen LogP contribution in [0.1, 0.15) is 18.4 Å². The van der Waals surface area contributed by atoms with Gasteiger partial charge in [-0.1, -0.05) is 30.3 Å². The van der Waals surface area contributed by atoms with Crippen molar-refractivity contribution in [3.63, 3.8) is 0 Å². The van der Waals surface area contributed by atoms with Gasteiger partial charge < -0.3 is 14.8 Å². The molecule has 0 unspecified atom stereocenters. The molecule has 1 N–H and O–H groups in total. The number of amides is 1. The van der Waals surface area contributed by atoms with Crippen molar-refractivity contribution in [3.05, 3.63) is 84.4 Å². The summed E-state index contributed by atoms with van der Waals surface area (Å²) >= 11 is 0. The molecule has 0 saturated heterocycles. The van der Waals surface area contributed by atoms with Crippen LogP contribution in [0.3, 0.4) is 0 Å². The fourth-order valence-electron chi connectivity index (χ4n) is 3.30. The Morgan fingerprint density at radius 1 is 0.939 bits per heavy atom. The monoisotopic (exact) mass is 468 g/mol.